The Morgan fingerprint density at radius 2 is 1.05 bits per heavy atom. The van der Waals surface area contributed by atoms with Gasteiger partial charge in [0.05, 0.1) is 6.61 Å². The minimum atomic E-state index is -4.23. The molecule has 0 aliphatic heterocycles. The quantitative estimate of drug-likeness (QED) is 0.0622. The summed E-state index contributed by atoms with van der Waals surface area (Å²) in [6, 6.07) is 0. The molecule has 220 valence electrons. The summed E-state index contributed by atoms with van der Waals surface area (Å²) in [6.07, 6.45) is 20.3. The molecule has 2 atom stereocenters. The number of rotatable bonds is 27. The molecule has 37 heavy (non-hydrogen) atoms. The van der Waals surface area contributed by atoms with E-state index in [1.165, 1.54) is 77.0 Å². The minimum Gasteiger partial charge on any atom is -0.462 e. The van der Waals surface area contributed by atoms with Crippen LogP contribution in [0, 0.1) is 0 Å². The summed E-state index contributed by atoms with van der Waals surface area (Å²) in [5.41, 5.74) is 0. The van der Waals surface area contributed by atoms with Crippen LogP contribution in [-0.2, 0) is 32.7 Å². The lowest BCUT2D eigenvalue weighted by Gasteiger charge is -2.19. The summed E-state index contributed by atoms with van der Waals surface area (Å²) >= 11 is 0. The van der Waals surface area contributed by atoms with Gasteiger partial charge in [0, 0.05) is 20.0 Å². The third-order valence-corrected chi connectivity index (χ3v) is 7.29. The highest BCUT2D eigenvalue weighted by Gasteiger charge is 2.24. The van der Waals surface area contributed by atoms with Gasteiger partial charge in [-0.2, -0.15) is 0 Å². The van der Waals surface area contributed by atoms with Gasteiger partial charge in [-0.1, -0.05) is 117 Å². The first-order valence-corrected chi connectivity index (χ1v) is 16.2. The van der Waals surface area contributed by atoms with E-state index in [1.54, 1.807) is 0 Å². The predicted octanol–water partition coefficient (Wildman–Crippen LogP) is 8.05. The second kappa shape index (κ2) is 25.3. The molecule has 0 heterocycles. The van der Waals surface area contributed by atoms with Gasteiger partial charge in [-0.05, 0) is 12.8 Å². The van der Waals surface area contributed by atoms with E-state index in [1.807, 2.05) is 0 Å². The first-order valence-electron chi connectivity index (χ1n) is 14.7. The van der Waals surface area contributed by atoms with Gasteiger partial charge in [0.1, 0.15) is 6.61 Å². The number of phosphoric ester groups is 1. The van der Waals surface area contributed by atoms with Crippen LogP contribution in [0.15, 0.2) is 0 Å². The molecule has 0 fully saturated rings. The van der Waals surface area contributed by atoms with Gasteiger partial charge in [-0.15, -0.1) is 0 Å². The zero-order chi connectivity index (χ0) is 27.6. The molecule has 0 bridgehead atoms. The van der Waals surface area contributed by atoms with Gasteiger partial charge >= 0.3 is 19.8 Å². The predicted molar refractivity (Wildman–Crippen MR) is 147 cm³/mol. The average Bonchev–Trinajstić information content (AvgIpc) is 2.88. The van der Waals surface area contributed by atoms with Crippen LogP contribution in [0.4, 0.5) is 0 Å². The smallest absolute Gasteiger partial charge is 0.462 e. The normalized spacial score (nSPS) is 13.7. The molecule has 0 aromatic rings. The van der Waals surface area contributed by atoms with Crippen LogP contribution in [0.3, 0.4) is 0 Å². The molecule has 0 radical (unpaired) electrons. The van der Waals surface area contributed by atoms with Crippen LogP contribution < -0.4 is 0 Å². The number of ether oxygens (including phenoxy) is 2. The number of hydrogen-bond acceptors (Lipinski definition) is 7. The highest BCUT2D eigenvalue weighted by Crippen LogP contribution is 2.42. The third kappa shape index (κ3) is 25.1. The number of phosphoric acid groups is 1. The molecule has 8 nitrogen and oxygen atoms in total. The number of hydrogen-bond donors (Lipinski definition) is 1. The first-order chi connectivity index (χ1) is 17.8. The second-order valence-electron chi connectivity index (χ2n) is 9.90. The number of carbonyl (C=O) groups excluding carboxylic acids is 2. The van der Waals surface area contributed by atoms with Gasteiger partial charge in [0.25, 0.3) is 0 Å². The van der Waals surface area contributed by atoms with E-state index >= 15 is 0 Å². The lowest BCUT2D eigenvalue weighted by molar-refractivity contribution is -0.161. The molecule has 0 aromatic heterocycles. The number of unbranched alkanes of at least 4 members (excludes halogenated alkanes) is 16. The standard InChI is InChI=1S/C28H55O8P/c1-4-6-8-10-12-14-15-17-18-20-22-27(29)34-24-26(25-35-37(31,32)33-3)36-28(30)23-21-19-16-13-11-9-7-5-2/h26H,4-25H2,1-3H3,(H,31,32)/t26-/m1/s1. The Balaban J connectivity index is 4.17. The Hall–Kier alpha value is -0.950. The average molecular weight is 551 g/mol. The van der Waals surface area contributed by atoms with Crippen molar-refractivity contribution in [2.45, 2.75) is 148 Å². The molecule has 9 heteroatoms. The minimum absolute atomic E-state index is 0.219. The first kappa shape index (κ1) is 36.0. The zero-order valence-corrected chi connectivity index (χ0v) is 24.8. The molecule has 0 aromatic carbocycles. The van der Waals surface area contributed by atoms with Crippen molar-refractivity contribution in [3.8, 4) is 0 Å². The summed E-state index contributed by atoms with van der Waals surface area (Å²) < 4.78 is 31.5. The van der Waals surface area contributed by atoms with Crippen LogP contribution in [0.2, 0.25) is 0 Å². The van der Waals surface area contributed by atoms with Gasteiger partial charge in [0.15, 0.2) is 6.10 Å². The van der Waals surface area contributed by atoms with Gasteiger partial charge in [-0.3, -0.25) is 18.6 Å². The maximum Gasteiger partial charge on any atom is 0.472 e. The highest BCUT2D eigenvalue weighted by molar-refractivity contribution is 7.47. The third-order valence-electron chi connectivity index (χ3n) is 6.35. The zero-order valence-electron chi connectivity index (χ0n) is 23.9. The van der Waals surface area contributed by atoms with Gasteiger partial charge < -0.3 is 14.4 Å². The summed E-state index contributed by atoms with van der Waals surface area (Å²) in [7, 11) is -3.18. The Morgan fingerprint density at radius 3 is 1.49 bits per heavy atom. The fourth-order valence-electron chi connectivity index (χ4n) is 4.01. The van der Waals surface area contributed by atoms with E-state index in [0.29, 0.717) is 6.42 Å². The lowest BCUT2D eigenvalue weighted by Crippen LogP contribution is -2.29. The Morgan fingerprint density at radius 1 is 0.649 bits per heavy atom. The topological polar surface area (TPSA) is 108 Å². The van der Waals surface area contributed by atoms with Crippen LogP contribution in [0.1, 0.15) is 142 Å². The molecule has 0 saturated carbocycles. The molecule has 0 aliphatic carbocycles. The van der Waals surface area contributed by atoms with Crippen molar-refractivity contribution in [1.82, 2.24) is 0 Å². The summed E-state index contributed by atoms with van der Waals surface area (Å²) in [6.45, 7) is 3.80. The van der Waals surface area contributed by atoms with Crippen molar-refractivity contribution in [1.29, 1.82) is 0 Å². The monoisotopic (exact) mass is 550 g/mol. The summed E-state index contributed by atoms with van der Waals surface area (Å²) in [4.78, 5) is 33.9. The van der Waals surface area contributed by atoms with Crippen molar-refractivity contribution in [2.24, 2.45) is 0 Å². The van der Waals surface area contributed by atoms with E-state index in [0.717, 1.165) is 45.6 Å². The van der Waals surface area contributed by atoms with Crippen LogP contribution in [0.5, 0.6) is 0 Å². The van der Waals surface area contributed by atoms with E-state index in [-0.39, 0.29) is 19.0 Å². The van der Waals surface area contributed by atoms with Crippen LogP contribution in [-0.4, -0.2) is 43.3 Å². The largest absolute Gasteiger partial charge is 0.472 e. The fraction of sp³-hybridized carbons (Fsp3) is 0.929. The number of esters is 2. The van der Waals surface area contributed by atoms with Crippen molar-refractivity contribution in [3.05, 3.63) is 0 Å². The van der Waals surface area contributed by atoms with Crippen molar-refractivity contribution < 1.29 is 37.6 Å². The summed E-state index contributed by atoms with van der Waals surface area (Å²) in [5.74, 6) is -0.807. The van der Waals surface area contributed by atoms with E-state index in [4.69, 9.17) is 14.0 Å². The molecular formula is C28H55O8P. The molecule has 0 amide bonds. The highest BCUT2D eigenvalue weighted by atomic mass is 31.2. The van der Waals surface area contributed by atoms with Crippen molar-refractivity contribution in [3.63, 3.8) is 0 Å². The van der Waals surface area contributed by atoms with E-state index in [9.17, 15) is 19.0 Å². The van der Waals surface area contributed by atoms with Crippen molar-refractivity contribution in [2.75, 3.05) is 20.3 Å². The van der Waals surface area contributed by atoms with Crippen molar-refractivity contribution >= 4 is 19.8 Å². The maximum absolute atomic E-state index is 12.3. The number of carbonyl (C=O) groups is 2. The maximum atomic E-state index is 12.3. The van der Waals surface area contributed by atoms with Gasteiger partial charge in [-0.25, -0.2) is 4.57 Å². The molecule has 1 N–H and O–H groups in total. The molecular weight excluding hydrogens is 495 g/mol. The Bertz CT molecular complexity index is 599. The summed E-state index contributed by atoms with van der Waals surface area (Å²) in [5, 5.41) is 0. The van der Waals surface area contributed by atoms with E-state index < -0.39 is 26.5 Å². The molecule has 0 rings (SSSR count). The SMILES string of the molecule is CCCCCCCCCCCCC(=O)OC[C@H](COP(=O)(O)OC)OC(=O)CCCCCCCCCC. The molecule has 0 spiro atoms. The molecule has 0 saturated heterocycles. The van der Waals surface area contributed by atoms with Crippen LogP contribution >= 0.6 is 7.82 Å². The van der Waals surface area contributed by atoms with E-state index in [2.05, 4.69) is 18.4 Å². The molecule has 1 unspecified atom stereocenters. The van der Waals surface area contributed by atoms with Crippen LogP contribution in [0.25, 0.3) is 0 Å². The fourth-order valence-corrected chi connectivity index (χ4v) is 4.47. The second-order valence-corrected chi connectivity index (χ2v) is 11.5. The lowest BCUT2D eigenvalue weighted by atomic mass is 10.1. The Kier molecular flexibility index (Phi) is 24.7. The van der Waals surface area contributed by atoms with Gasteiger partial charge in [0.2, 0.25) is 0 Å². The molecule has 0 aliphatic rings. The Labute approximate surface area is 226 Å².